The molecule has 2 aromatic carbocycles. The van der Waals surface area contributed by atoms with E-state index in [-0.39, 0.29) is 0 Å². The van der Waals surface area contributed by atoms with Crippen LogP contribution in [0.5, 0.6) is 11.5 Å². The Morgan fingerprint density at radius 3 is 2.13 bits per heavy atom. The molecule has 0 aliphatic carbocycles. The second-order valence-corrected chi connectivity index (χ2v) is 7.40. The van der Waals surface area contributed by atoms with Gasteiger partial charge in [-0.2, -0.15) is 0 Å². The van der Waals surface area contributed by atoms with Crippen LogP contribution in [0, 0.1) is 0 Å². The summed E-state index contributed by atoms with van der Waals surface area (Å²) in [6.07, 6.45) is 11.4. The molecule has 158 valence electrons. The molecule has 0 aliphatic heterocycles. The minimum absolute atomic E-state index is 0.641. The van der Waals surface area contributed by atoms with Crippen LogP contribution in [0.3, 0.4) is 0 Å². The molecule has 0 N–H and O–H groups in total. The Hall–Kier alpha value is -2.88. The minimum Gasteiger partial charge on any atom is -0.494 e. The molecule has 0 spiro atoms. The number of hydrogen-bond acceptors (Lipinski definition) is 4. The molecule has 0 saturated carbocycles. The van der Waals surface area contributed by atoms with Gasteiger partial charge in [-0.15, -0.1) is 0 Å². The van der Waals surface area contributed by atoms with Crippen molar-refractivity contribution < 1.29 is 9.47 Å². The highest BCUT2D eigenvalue weighted by Gasteiger charge is 2.05. The van der Waals surface area contributed by atoms with E-state index >= 15 is 0 Å². The molecule has 30 heavy (non-hydrogen) atoms. The Labute approximate surface area is 180 Å². The molecule has 0 unspecified atom stereocenters. The Morgan fingerprint density at radius 2 is 1.40 bits per heavy atom. The standard InChI is InChI=1S/C26H32N2O2/c1-3-5-6-7-8-9-17-30-24-15-13-21(14-16-24)23-19-27-26(28-20-23)22-11-10-12-25(18-22)29-4-2/h10-16,18-20H,3-9,17H2,1-2H3. The lowest BCUT2D eigenvalue weighted by atomic mass is 10.1. The molecule has 0 atom stereocenters. The molecule has 3 rings (SSSR count). The predicted molar refractivity (Wildman–Crippen MR) is 123 cm³/mol. The molecule has 4 nitrogen and oxygen atoms in total. The Morgan fingerprint density at radius 1 is 0.667 bits per heavy atom. The molecule has 0 saturated heterocycles. The molecule has 0 radical (unpaired) electrons. The Bertz CT molecular complexity index is 876. The van der Waals surface area contributed by atoms with E-state index in [1.165, 1.54) is 32.1 Å². The first-order valence-corrected chi connectivity index (χ1v) is 11.1. The van der Waals surface area contributed by atoms with Crippen LogP contribution >= 0.6 is 0 Å². The molecule has 0 amide bonds. The van der Waals surface area contributed by atoms with Crippen LogP contribution in [-0.2, 0) is 0 Å². The van der Waals surface area contributed by atoms with Crippen LogP contribution in [0.15, 0.2) is 60.9 Å². The SMILES string of the molecule is CCCCCCCCOc1ccc(-c2cnc(-c3cccc(OCC)c3)nc2)cc1. The van der Waals surface area contributed by atoms with Crippen LogP contribution in [0.2, 0.25) is 0 Å². The summed E-state index contributed by atoms with van der Waals surface area (Å²) in [5.41, 5.74) is 3.02. The van der Waals surface area contributed by atoms with Gasteiger partial charge < -0.3 is 9.47 Å². The number of aromatic nitrogens is 2. The average Bonchev–Trinajstić information content (AvgIpc) is 2.79. The third kappa shape index (κ3) is 6.58. The summed E-state index contributed by atoms with van der Waals surface area (Å²) < 4.78 is 11.4. The fourth-order valence-corrected chi connectivity index (χ4v) is 3.33. The van der Waals surface area contributed by atoms with Gasteiger partial charge in [0.05, 0.1) is 13.2 Å². The summed E-state index contributed by atoms with van der Waals surface area (Å²) in [5, 5.41) is 0. The van der Waals surface area contributed by atoms with Crippen molar-refractivity contribution in [1.82, 2.24) is 9.97 Å². The summed E-state index contributed by atoms with van der Waals surface area (Å²) >= 11 is 0. The lowest BCUT2D eigenvalue weighted by molar-refractivity contribution is 0.304. The fraction of sp³-hybridized carbons (Fsp3) is 0.385. The van der Waals surface area contributed by atoms with Crippen molar-refractivity contribution in [3.05, 3.63) is 60.9 Å². The van der Waals surface area contributed by atoms with Crippen LogP contribution in [0.4, 0.5) is 0 Å². The lowest BCUT2D eigenvalue weighted by Gasteiger charge is -2.08. The van der Waals surface area contributed by atoms with Crippen molar-refractivity contribution in [3.8, 4) is 34.0 Å². The van der Waals surface area contributed by atoms with Gasteiger partial charge in [-0.3, -0.25) is 0 Å². The van der Waals surface area contributed by atoms with Crippen molar-refractivity contribution >= 4 is 0 Å². The topological polar surface area (TPSA) is 44.2 Å². The number of rotatable bonds is 12. The Kier molecular flexibility index (Phi) is 8.70. The molecule has 0 fully saturated rings. The van der Waals surface area contributed by atoms with Crippen molar-refractivity contribution in [2.45, 2.75) is 52.4 Å². The summed E-state index contributed by atoms with van der Waals surface area (Å²) in [6, 6.07) is 16.0. The highest BCUT2D eigenvalue weighted by molar-refractivity contribution is 5.64. The normalized spacial score (nSPS) is 10.7. The number of hydrogen-bond donors (Lipinski definition) is 0. The van der Waals surface area contributed by atoms with E-state index in [2.05, 4.69) is 29.0 Å². The van der Waals surface area contributed by atoms with Crippen molar-refractivity contribution in [1.29, 1.82) is 0 Å². The van der Waals surface area contributed by atoms with Gasteiger partial charge in [0.25, 0.3) is 0 Å². The van der Waals surface area contributed by atoms with E-state index in [9.17, 15) is 0 Å². The van der Waals surface area contributed by atoms with Crippen LogP contribution in [-0.4, -0.2) is 23.2 Å². The number of nitrogens with zero attached hydrogens (tertiary/aromatic N) is 2. The second-order valence-electron chi connectivity index (χ2n) is 7.40. The van der Waals surface area contributed by atoms with Gasteiger partial charge in [0.2, 0.25) is 0 Å². The first-order chi connectivity index (χ1) is 14.8. The molecule has 0 aliphatic rings. The van der Waals surface area contributed by atoms with Crippen molar-refractivity contribution in [2.75, 3.05) is 13.2 Å². The molecule has 3 aromatic rings. The summed E-state index contributed by atoms with van der Waals surface area (Å²) in [7, 11) is 0. The first-order valence-electron chi connectivity index (χ1n) is 11.1. The first kappa shape index (κ1) is 21.8. The largest absolute Gasteiger partial charge is 0.494 e. The van der Waals surface area contributed by atoms with Crippen molar-refractivity contribution in [2.24, 2.45) is 0 Å². The van der Waals surface area contributed by atoms with Gasteiger partial charge in [-0.05, 0) is 43.2 Å². The fourth-order valence-electron chi connectivity index (χ4n) is 3.33. The van der Waals surface area contributed by atoms with E-state index in [0.717, 1.165) is 41.2 Å². The van der Waals surface area contributed by atoms with Gasteiger partial charge in [0.15, 0.2) is 5.82 Å². The minimum atomic E-state index is 0.641. The second kappa shape index (κ2) is 12.0. The van der Waals surface area contributed by atoms with Gasteiger partial charge in [-0.1, -0.05) is 63.3 Å². The molecular weight excluding hydrogens is 372 g/mol. The van der Waals surface area contributed by atoms with Crippen LogP contribution in [0.25, 0.3) is 22.5 Å². The average molecular weight is 405 g/mol. The van der Waals surface area contributed by atoms with E-state index in [0.29, 0.717) is 12.4 Å². The zero-order valence-corrected chi connectivity index (χ0v) is 18.1. The smallest absolute Gasteiger partial charge is 0.159 e. The maximum absolute atomic E-state index is 5.87. The van der Waals surface area contributed by atoms with E-state index in [4.69, 9.17) is 9.47 Å². The van der Waals surface area contributed by atoms with E-state index < -0.39 is 0 Å². The molecule has 0 bridgehead atoms. The van der Waals surface area contributed by atoms with Gasteiger partial charge >= 0.3 is 0 Å². The summed E-state index contributed by atoms with van der Waals surface area (Å²) in [6.45, 7) is 5.64. The summed E-state index contributed by atoms with van der Waals surface area (Å²) in [5.74, 6) is 2.44. The number of benzene rings is 2. The molecular formula is C26H32N2O2. The third-order valence-corrected chi connectivity index (χ3v) is 5.01. The van der Waals surface area contributed by atoms with Gasteiger partial charge in [0.1, 0.15) is 11.5 Å². The maximum atomic E-state index is 5.87. The van der Waals surface area contributed by atoms with Crippen LogP contribution < -0.4 is 9.47 Å². The Balaban J connectivity index is 1.53. The number of ether oxygens (including phenoxy) is 2. The predicted octanol–water partition coefficient (Wildman–Crippen LogP) is 6.95. The molecule has 1 heterocycles. The van der Waals surface area contributed by atoms with E-state index in [1.54, 1.807) is 0 Å². The third-order valence-electron chi connectivity index (χ3n) is 5.01. The summed E-state index contributed by atoms with van der Waals surface area (Å²) in [4.78, 5) is 9.08. The lowest BCUT2D eigenvalue weighted by Crippen LogP contribution is -1.97. The van der Waals surface area contributed by atoms with Crippen molar-refractivity contribution in [3.63, 3.8) is 0 Å². The zero-order chi connectivity index (χ0) is 21.0. The van der Waals surface area contributed by atoms with E-state index in [1.807, 2.05) is 55.7 Å². The molecule has 1 aromatic heterocycles. The molecule has 4 heteroatoms. The number of unbranched alkanes of at least 4 members (excludes halogenated alkanes) is 5. The quantitative estimate of drug-likeness (QED) is 0.306. The highest BCUT2D eigenvalue weighted by atomic mass is 16.5. The highest BCUT2D eigenvalue weighted by Crippen LogP contribution is 2.25. The van der Waals surface area contributed by atoms with Gasteiger partial charge in [-0.25, -0.2) is 9.97 Å². The zero-order valence-electron chi connectivity index (χ0n) is 18.1. The monoisotopic (exact) mass is 404 g/mol. The maximum Gasteiger partial charge on any atom is 0.159 e. The van der Waals surface area contributed by atoms with Gasteiger partial charge in [0, 0.05) is 23.5 Å². The van der Waals surface area contributed by atoms with Crippen LogP contribution in [0.1, 0.15) is 52.4 Å².